The number of carbonyl (C=O) groups excluding carboxylic acids is 2. The summed E-state index contributed by atoms with van der Waals surface area (Å²) in [6, 6.07) is 6.50. The van der Waals surface area contributed by atoms with E-state index in [0.29, 0.717) is 5.56 Å². The maximum absolute atomic E-state index is 10.7. The highest BCUT2D eigenvalue weighted by Gasteiger charge is 2.02. The minimum Gasteiger partial charge on any atom is -0.460 e. The molecule has 5 nitrogen and oxygen atoms in total. The van der Waals surface area contributed by atoms with E-state index in [9.17, 15) is 9.59 Å². The molecule has 80 valence electrons. The van der Waals surface area contributed by atoms with Gasteiger partial charge >= 0.3 is 5.97 Å². The molecule has 0 aromatic heterocycles. The van der Waals surface area contributed by atoms with E-state index in [1.54, 1.807) is 24.3 Å². The zero-order chi connectivity index (χ0) is 11.3. The first kappa shape index (κ1) is 11.2. The third-order valence-electron chi connectivity index (χ3n) is 1.80. The molecular formula is C10H12N2O3. The first-order valence-electron chi connectivity index (χ1n) is 4.38. The Morgan fingerprint density at radius 2 is 1.80 bits per heavy atom. The van der Waals surface area contributed by atoms with Gasteiger partial charge in [0.25, 0.3) is 0 Å². The van der Waals surface area contributed by atoms with Gasteiger partial charge in [-0.15, -0.1) is 0 Å². The van der Waals surface area contributed by atoms with Crippen LogP contribution in [0, 0.1) is 0 Å². The van der Waals surface area contributed by atoms with Gasteiger partial charge in [-0.3, -0.25) is 9.59 Å². The number of hydrogen-bond acceptors (Lipinski definition) is 4. The molecule has 0 heterocycles. The maximum Gasteiger partial charge on any atom is 0.320 e. The van der Waals surface area contributed by atoms with Crippen LogP contribution < -0.4 is 11.5 Å². The Kier molecular flexibility index (Phi) is 3.82. The van der Waals surface area contributed by atoms with E-state index < -0.39 is 11.9 Å². The van der Waals surface area contributed by atoms with Crippen molar-refractivity contribution in [1.29, 1.82) is 0 Å². The van der Waals surface area contributed by atoms with Crippen molar-refractivity contribution in [2.24, 2.45) is 11.5 Å². The molecule has 1 amide bonds. The number of ether oxygens (including phenoxy) is 1. The van der Waals surface area contributed by atoms with Crippen LogP contribution in [0.3, 0.4) is 0 Å². The molecule has 0 aliphatic heterocycles. The highest BCUT2D eigenvalue weighted by Crippen LogP contribution is 2.05. The Morgan fingerprint density at radius 1 is 1.20 bits per heavy atom. The van der Waals surface area contributed by atoms with E-state index in [-0.39, 0.29) is 13.2 Å². The summed E-state index contributed by atoms with van der Waals surface area (Å²) in [5, 5.41) is 0. The Labute approximate surface area is 87.0 Å². The van der Waals surface area contributed by atoms with Crippen molar-refractivity contribution in [2.75, 3.05) is 6.54 Å². The number of benzene rings is 1. The number of rotatable bonds is 4. The zero-order valence-corrected chi connectivity index (χ0v) is 8.10. The van der Waals surface area contributed by atoms with Gasteiger partial charge in [-0.2, -0.15) is 0 Å². The minimum atomic E-state index is -0.486. The Hall–Kier alpha value is -1.88. The molecule has 0 saturated carbocycles. The van der Waals surface area contributed by atoms with Gasteiger partial charge in [-0.1, -0.05) is 12.1 Å². The molecule has 1 aromatic carbocycles. The number of nitrogens with two attached hydrogens (primary N) is 2. The van der Waals surface area contributed by atoms with Crippen molar-refractivity contribution in [3.8, 4) is 0 Å². The third kappa shape index (κ3) is 3.40. The van der Waals surface area contributed by atoms with Crippen LogP contribution in [0.2, 0.25) is 0 Å². The molecule has 15 heavy (non-hydrogen) atoms. The first-order valence-corrected chi connectivity index (χ1v) is 4.38. The highest BCUT2D eigenvalue weighted by atomic mass is 16.5. The third-order valence-corrected chi connectivity index (χ3v) is 1.80. The van der Waals surface area contributed by atoms with Crippen molar-refractivity contribution in [2.45, 2.75) is 6.61 Å². The molecule has 0 bridgehead atoms. The maximum atomic E-state index is 10.7. The van der Waals surface area contributed by atoms with E-state index >= 15 is 0 Å². The molecular weight excluding hydrogens is 196 g/mol. The summed E-state index contributed by atoms with van der Waals surface area (Å²) < 4.78 is 4.80. The number of esters is 1. The fraction of sp³-hybridized carbons (Fsp3) is 0.200. The first-order chi connectivity index (χ1) is 7.13. The lowest BCUT2D eigenvalue weighted by molar-refractivity contribution is -0.143. The van der Waals surface area contributed by atoms with Crippen molar-refractivity contribution in [3.05, 3.63) is 35.4 Å². The summed E-state index contributed by atoms with van der Waals surface area (Å²) in [4.78, 5) is 21.5. The molecule has 0 unspecified atom stereocenters. The van der Waals surface area contributed by atoms with Gasteiger partial charge in [-0.05, 0) is 17.7 Å². The monoisotopic (exact) mass is 208 g/mol. The summed E-state index contributed by atoms with van der Waals surface area (Å²) in [6.07, 6.45) is 0. The van der Waals surface area contributed by atoms with Crippen LogP contribution in [0.1, 0.15) is 15.9 Å². The fourth-order valence-electron chi connectivity index (χ4n) is 0.988. The van der Waals surface area contributed by atoms with E-state index in [1.165, 1.54) is 0 Å². The minimum absolute atomic E-state index is 0.140. The van der Waals surface area contributed by atoms with Gasteiger partial charge in [0, 0.05) is 5.56 Å². The van der Waals surface area contributed by atoms with Crippen molar-refractivity contribution < 1.29 is 14.3 Å². The Bertz CT molecular complexity index is 359. The van der Waals surface area contributed by atoms with Crippen LogP contribution in [0.4, 0.5) is 0 Å². The summed E-state index contributed by atoms with van der Waals surface area (Å²) in [5.41, 5.74) is 11.3. The lowest BCUT2D eigenvalue weighted by Crippen LogP contribution is -2.16. The van der Waals surface area contributed by atoms with Gasteiger partial charge in [-0.25, -0.2) is 0 Å². The second-order valence-electron chi connectivity index (χ2n) is 2.93. The fourth-order valence-corrected chi connectivity index (χ4v) is 0.988. The van der Waals surface area contributed by atoms with Crippen LogP contribution >= 0.6 is 0 Å². The number of primary amides is 1. The van der Waals surface area contributed by atoms with Crippen molar-refractivity contribution >= 4 is 11.9 Å². The molecule has 0 aliphatic rings. The van der Waals surface area contributed by atoms with Gasteiger partial charge in [0.1, 0.15) is 6.61 Å². The van der Waals surface area contributed by atoms with Gasteiger partial charge < -0.3 is 16.2 Å². The summed E-state index contributed by atoms with van der Waals surface area (Å²) in [5.74, 6) is -0.950. The van der Waals surface area contributed by atoms with E-state index in [1.807, 2.05) is 0 Å². The average molecular weight is 208 g/mol. The molecule has 5 heteroatoms. The summed E-state index contributed by atoms with van der Waals surface area (Å²) >= 11 is 0. The zero-order valence-electron chi connectivity index (χ0n) is 8.10. The molecule has 0 radical (unpaired) electrons. The van der Waals surface area contributed by atoms with Crippen LogP contribution in [0.25, 0.3) is 0 Å². The average Bonchev–Trinajstić information content (AvgIpc) is 2.26. The molecule has 0 spiro atoms. The van der Waals surface area contributed by atoms with E-state index in [4.69, 9.17) is 16.2 Å². The van der Waals surface area contributed by atoms with Crippen molar-refractivity contribution in [3.63, 3.8) is 0 Å². The van der Waals surface area contributed by atoms with Crippen LogP contribution in [0.5, 0.6) is 0 Å². The van der Waals surface area contributed by atoms with Crippen molar-refractivity contribution in [1.82, 2.24) is 0 Å². The lowest BCUT2D eigenvalue weighted by atomic mass is 10.1. The molecule has 0 aliphatic carbocycles. The number of amides is 1. The SMILES string of the molecule is NCC(=O)OCc1ccc(C(N)=O)cc1. The molecule has 4 N–H and O–H groups in total. The molecule has 0 atom stereocenters. The Morgan fingerprint density at radius 3 is 2.27 bits per heavy atom. The van der Waals surface area contributed by atoms with Gasteiger partial charge in [0.2, 0.25) is 5.91 Å². The molecule has 1 aromatic rings. The molecule has 0 saturated heterocycles. The number of carbonyl (C=O) groups is 2. The van der Waals surface area contributed by atoms with Crippen LogP contribution in [0.15, 0.2) is 24.3 Å². The standard InChI is InChI=1S/C10H12N2O3/c11-5-9(13)15-6-7-1-3-8(4-2-7)10(12)14/h1-4H,5-6,11H2,(H2,12,14). The highest BCUT2D eigenvalue weighted by molar-refractivity contribution is 5.92. The Balaban J connectivity index is 2.57. The second-order valence-corrected chi connectivity index (χ2v) is 2.93. The van der Waals surface area contributed by atoms with Crippen LogP contribution in [-0.2, 0) is 16.1 Å². The van der Waals surface area contributed by atoms with Gasteiger partial charge in [0.15, 0.2) is 0 Å². The number of hydrogen-bond donors (Lipinski definition) is 2. The largest absolute Gasteiger partial charge is 0.460 e. The van der Waals surface area contributed by atoms with Crippen LogP contribution in [-0.4, -0.2) is 18.4 Å². The quantitative estimate of drug-likeness (QED) is 0.669. The normalized spacial score (nSPS) is 9.67. The molecule has 0 fully saturated rings. The smallest absolute Gasteiger partial charge is 0.320 e. The summed E-state index contributed by atoms with van der Waals surface area (Å²) in [6.45, 7) is 0.00838. The van der Waals surface area contributed by atoms with Gasteiger partial charge in [0.05, 0.1) is 6.54 Å². The topological polar surface area (TPSA) is 95.4 Å². The molecule has 1 rings (SSSR count). The second kappa shape index (κ2) is 5.11. The lowest BCUT2D eigenvalue weighted by Gasteiger charge is -2.03. The predicted octanol–water partition coefficient (Wildman–Crippen LogP) is -0.213. The summed E-state index contributed by atoms with van der Waals surface area (Å²) in [7, 11) is 0. The van der Waals surface area contributed by atoms with E-state index in [0.717, 1.165) is 5.56 Å². The van der Waals surface area contributed by atoms with E-state index in [2.05, 4.69) is 0 Å². The predicted molar refractivity (Wildman–Crippen MR) is 53.8 cm³/mol.